The first-order valence-electron chi connectivity index (χ1n) is 6.01. The largest absolute Gasteiger partial charge is 0.506 e. The summed E-state index contributed by atoms with van der Waals surface area (Å²) in [5, 5.41) is 17.5. The van der Waals surface area contributed by atoms with Gasteiger partial charge in [0.2, 0.25) is 0 Å². The number of carbonyl (C=O) groups excluding carboxylic acids is 1. The number of aromatic nitrogens is 3. The minimum atomic E-state index is -4.24. The van der Waals surface area contributed by atoms with E-state index in [-0.39, 0.29) is 11.3 Å². The molecule has 1 aromatic carbocycles. The second kappa shape index (κ2) is 4.66. The van der Waals surface area contributed by atoms with E-state index in [1.54, 1.807) is 4.72 Å². The molecule has 22 heavy (non-hydrogen) atoms. The molecule has 1 aliphatic heterocycles. The van der Waals surface area contributed by atoms with Crippen molar-refractivity contribution in [2.24, 2.45) is 7.05 Å². The van der Waals surface area contributed by atoms with E-state index in [1.165, 1.54) is 24.1 Å². The van der Waals surface area contributed by atoms with E-state index in [4.69, 9.17) is 0 Å². The monoisotopic (exact) mass is 327 g/mol. The third-order valence-electron chi connectivity index (χ3n) is 3.04. The Hall–Kier alpha value is -2.69. The average Bonchev–Trinajstić information content (AvgIpc) is 2.93. The zero-order chi connectivity index (χ0) is 16.1. The molecular weight excluding hydrogens is 317 g/mol. The second-order valence-electron chi connectivity index (χ2n) is 4.55. The summed E-state index contributed by atoms with van der Waals surface area (Å²) in [6.45, 7) is -0.614. The minimum Gasteiger partial charge on any atom is -0.506 e. The molecule has 0 bridgehead atoms. The Morgan fingerprint density at radius 2 is 2.14 bits per heavy atom. The van der Waals surface area contributed by atoms with Gasteiger partial charge < -0.3 is 5.11 Å². The molecule has 3 rings (SSSR count). The minimum absolute atomic E-state index is 0.0459. The molecule has 0 unspecified atom stereocenters. The van der Waals surface area contributed by atoms with E-state index in [1.807, 2.05) is 0 Å². The summed E-state index contributed by atoms with van der Waals surface area (Å²) in [7, 11) is -2.70. The van der Waals surface area contributed by atoms with Gasteiger partial charge in [-0.25, -0.2) is 13.4 Å². The van der Waals surface area contributed by atoms with E-state index >= 15 is 0 Å². The van der Waals surface area contributed by atoms with Crippen molar-refractivity contribution in [3.8, 4) is 17.0 Å². The third kappa shape index (κ3) is 2.15. The van der Waals surface area contributed by atoms with Gasteiger partial charge >= 0.3 is 10.2 Å². The molecule has 0 aliphatic carbocycles. The van der Waals surface area contributed by atoms with Gasteiger partial charge in [0.05, 0.1) is 6.20 Å². The van der Waals surface area contributed by atoms with Crippen molar-refractivity contribution < 1.29 is 22.7 Å². The molecule has 2 N–H and O–H groups in total. The van der Waals surface area contributed by atoms with Crippen LogP contribution in [0.2, 0.25) is 0 Å². The highest BCUT2D eigenvalue weighted by Gasteiger charge is 2.38. The van der Waals surface area contributed by atoms with Crippen LogP contribution in [0.15, 0.2) is 18.3 Å². The van der Waals surface area contributed by atoms with Gasteiger partial charge in [0, 0.05) is 12.6 Å². The fourth-order valence-electron chi connectivity index (χ4n) is 2.10. The molecule has 1 saturated heterocycles. The average molecular weight is 327 g/mol. The van der Waals surface area contributed by atoms with Crippen LogP contribution in [0.3, 0.4) is 0 Å². The van der Waals surface area contributed by atoms with Crippen molar-refractivity contribution in [3.63, 3.8) is 0 Å². The van der Waals surface area contributed by atoms with Gasteiger partial charge in [0.25, 0.3) is 5.91 Å². The topological polar surface area (TPSA) is 117 Å². The first-order valence-corrected chi connectivity index (χ1v) is 7.45. The number of nitrogens with one attached hydrogen (secondary N) is 1. The van der Waals surface area contributed by atoms with Gasteiger partial charge in [-0.1, -0.05) is 0 Å². The Labute approximate surface area is 124 Å². The molecular formula is C11H10FN5O4S. The third-order valence-corrected chi connectivity index (χ3v) is 4.42. The first kappa shape index (κ1) is 14.3. The van der Waals surface area contributed by atoms with Gasteiger partial charge in [-0.05, 0) is 12.1 Å². The quantitative estimate of drug-likeness (QED) is 0.768. The first-order chi connectivity index (χ1) is 10.3. The van der Waals surface area contributed by atoms with Crippen molar-refractivity contribution in [2.45, 2.75) is 0 Å². The fourth-order valence-corrected chi connectivity index (χ4v) is 3.27. The summed E-state index contributed by atoms with van der Waals surface area (Å²) < 4.78 is 40.5. The second-order valence-corrected chi connectivity index (χ2v) is 6.15. The summed E-state index contributed by atoms with van der Waals surface area (Å²) in [4.78, 5) is 12.5. The van der Waals surface area contributed by atoms with Crippen LogP contribution in [-0.4, -0.2) is 41.0 Å². The number of amides is 1. The number of phenols is 1. The Balaban J connectivity index is 2.19. The van der Waals surface area contributed by atoms with Crippen LogP contribution in [0.4, 0.5) is 10.1 Å². The van der Waals surface area contributed by atoms with E-state index in [0.717, 1.165) is 6.07 Å². The number of aromatic hydroxyl groups is 1. The van der Waals surface area contributed by atoms with E-state index in [2.05, 4.69) is 10.2 Å². The lowest BCUT2D eigenvalue weighted by molar-refractivity contribution is -0.117. The predicted octanol–water partition coefficient (Wildman–Crippen LogP) is -0.492. The van der Waals surface area contributed by atoms with Gasteiger partial charge in [-0.2, -0.15) is 23.4 Å². The number of phenolic OH excluding ortho intramolecular Hbond substituents is 1. The van der Waals surface area contributed by atoms with Crippen LogP contribution in [0.1, 0.15) is 0 Å². The van der Waals surface area contributed by atoms with Gasteiger partial charge in [0.1, 0.15) is 23.7 Å². The van der Waals surface area contributed by atoms with Crippen molar-refractivity contribution >= 4 is 21.8 Å². The summed E-state index contributed by atoms with van der Waals surface area (Å²) in [6, 6.07) is 2.37. The zero-order valence-corrected chi connectivity index (χ0v) is 12.0. The molecule has 116 valence electrons. The summed E-state index contributed by atoms with van der Waals surface area (Å²) in [5.41, 5.74) is -0.492. The molecule has 1 amide bonds. The number of halogens is 1. The molecule has 1 aliphatic rings. The lowest BCUT2D eigenvalue weighted by Crippen LogP contribution is -2.30. The molecule has 2 heterocycles. The van der Waals surface area contributed by atoms with Crippen LogP contribution in [0, 0.1) is 5.82 Å². The molecule has 9 nitrogen and oxygen atoms in total. The van der Waals surface area contributed by atoms with Gasteiger partial charge in [0.15, 0.2) is 5.82 Å². The maximum Gasteiger partial charge on any atom is 0.326 e. The fraction of sp³-hybridized carbons (Fsp3) is 0.182. The Morgan fingerprint density at radius 1 is 1.41 bits per heavy atom. The lowest BCUT2D eigenvalue weighted by Gasteiger charge is -2.18. The summed E-state index contributed by atoms with van der Waals surface area (Å²) in [5.74, 6) is -2.44. The predicted molar refractivity (Wildman–Crippen MR) is 72.5 cm³/mol. The molecule has 0 saturated carbocycles. The van der Waals surface area contributed by atoms with E-state index in [9.17, 15) is 22.7 Å². The number of carbonyl (C=O) groups is 1. The summed E-state index contributed by atoms with van der Waals surface area (Å²) >= 11 is 0. The maximum absolute atomic E-state index is 14.7. The molecule has 2 aromatic rings. The van der Waals surface area contributed by atoms with E-state index in [0.29, 0.717) is 4.31 Å². The smallest absolute Gasteiger partial charge is 0.326 e. The lowest BCUT2D eigenvalue weighted by atomic mass is 10.1. The Bertz CT molecular complexity index is 879. The number of benzene rings is 1. The highest BCUT2D eigenvalue weighted by molar-refractivity contribution is 7.92. The molecule has 0 radical (unpaired) electrons. The number of nitrogens with zero attached hydrogens (tertiary/aromatic N) is 4. The highest BCUT2D eigenvalue weighted by atomic mass is 32.2. The Kier molecular flexibility index (Phi) is 3.02. The molecule has 0 spiro atoms. The van der Waals surface area contributed by atoms with E-state index < -0.39 is 39.9 Å². The van der Waals surface area contributed by atoms with Crippen LogP contribution in [0.25, 0.3) is 11.3 Å². The number of hydrogen-bond donors (Lipinski definition) is 2. The number of hydrogen-bond acceptors (Lipinski definition) is 6. The zero-order valence-electron chi connectivity index (χ0n) is 11.2. The van der Waals surface area contributed by atoms with Crippen LogP contribution in [-0.2, 0) is 22.1 Å². The van der Waals surface area contributed by atoms with Crippen molar-refractivity contribution in [2.75, 3.05) is 10.8 Å². The molecule has 0 atom stereocenters. The number of aryl methyl sites for hydroxylation is 1. The van der Waals surface area contributed by atoms with Crippen LogP contribution in [0.5, 0.6) is 5.75 Å². The normalized spacial score (nSPS) is 16.8. The molecule has 11 heteroatoms. The highest BCUT2D eigenvalue weighted by Crippen LogP contribution is 2.37. The summed E-state index contributed by atoms with van der Waals surface area (Å²) in [6.07, 6.45) is 1.29. The number of anilines is 1. The standard InChI is InChI=1S/C11H10FN5O4S/c1-16-13-4-7(14-16)6-2-3-8(18)11(10(6)12)17-5-9(19)15-22(17,20)21/h2-4,18H,5H2,1H3,(H,15,19). The van der Waals surface area contributed by atoms with Gasteiger partial charge in [-0.15, -0.1) is 0 Å². The van der Waals surface area contributed by atoms with Crippen LogP contribution < -0.4 is 9.03 Å². The molecule has 1 aromatic heterocycles. The van der Waals surface area contributed by atoms with Crippen molar-refractivity contribution in [1.82, 2.24) is 19.7 Å². The van der Waals surface area contributed by atoms with Gasteiger partial charge in [-0.3, -0.25) is 4.79 Å². The molecule has 1 fully saturated rings. The Morgan fingerprint density at radius 3 is 2.68 bits per heavy atom. The van der Waals surface area contributed by atoms with Crippen LogP contribution >= 0.6 is 0 Å². The SMILES string of the molecule is Cn1ncc(-c2ccc(O)c(N3CC(=O)NS3(=O)=O)c2F)n1. The van der Waals surface area contributed by atoms with Crippen molar-refractivity contribution in [3.05, 3.63) is 24.1 Å². The number of rotatable bonds is 2. The maximum atomic E-state index is 14.7. The van der Waals surface area contributed by atoms with Crippen molar-refractivity contribution in [1.29, 1.82) is 0 Å².